The van der Waals surface area contributed by atoms with Crippen molar-refractivity contribution in [3.05, 3.63) is 29.3 Å². The standard InChI is InChI=1S/C22H36N2O3.ClH/c1-6-24(20(5)16-27-21-14-17(2)13-18(3)15-21)22(25)26-12-11-23-10-8-7-9-19(23)4;/h13-15,19-20H,6-12,16H2,1-5H3;1H. The summed E-state index contributed by atoms with van der Waals surface area (Å²) in [6.45, 7) is 14.0. The molecule has 0 saturated carbocycles. The number of quaternary nitrogens is 1. The van der Waals surface area contributed by atoms with Crippen LogP contribution in [0.4, 0.5) is 4.79 Å². The second-order valence-electron chi connectivity index (χ2n) is 7.94. The van der Waals surface area contributed by atoms with Crippen LogP contribution in [0.1, 0.15) is 51.2 Å². The van der Waals surface area contributed by atoms with Crippen LogP contribution in [0, 0.1) is 13.8 Å². The fourth-order valence-electron chi connectivity index (χ4n) is 3.92. The molecule has 0 spiro atoms. The second kappa shape index (κ2) is 12.2. The average Bonchev–Trinajstić information content (AvgIpc) is 2.61. The SMILES string of the molecule is CCN(C(=O)OCC[NH+]1CCCCC1C)C(C)COc1cc(C)cc(C)c1.[Cl-]. The Hall–Kier alpha value is -1.46. The highest BCUT2D eigenvalue weighted by Crippen LogP contribution is 2.17. The summed E-state index contributed by atoms with van der Waals surface area (Å²) < 4.78 is 11.5. The van der Waals surface area contributed by atoms with Gasteiger partial charge < -0.3 is 31.7 Å². The molecule has 0 aliphatic carbocycles. The monoisotopic (exact) mass is 412 g/mol. The van der Waals surface area contributed by atoms with Crippen LogP contribution < -0.4 is 22.0 Å². The van der Waals surface area contributed by atoms with E-state index in [1.807, 2.05) is 26.0 Å². The fourth-order valence-corrected chi connectivity index (χ4v) is 3.92. The lowest BCUT2D eigenvalue weighted by Crippen LogP contribution is -3.16. The number of likely N-dealkylation sites (N-methyl/N-ethyl adjacent to an activating group) is 1. The highest BCUT2D eigenvalue weighted by molar-refractivity contribution is 5.67. The van der Waals surface area contributed by atoms with Crippen LogP contribution in [0.2, 0.25) is 0 Å². The topological polar surface area (TPSA) is 43.2 Å². The lowest BCUT2D eigenvalue weighted by molar-refractivity contribution is -0.928. The Labute approximate surface area is 176 Å². The molecule has 1 fully saturated rings. The van der Waals surface area contributed by atoms with Crippen LogP contribution in [-0.2, 0) is 4.74 Å². The van der Waals surface area contributed by atoms with E-state index in [4.69, 9.17) is 9.47 Å². The van der Waals surface area contributed by atoms with E-state index in [0.717, 1.165) is 12.3 Å². The van der Waals surface area contributed by atoms with Crippen molar-refractivity contribution in [3.8, 4) is 5.75 Å². The molecule has 160 valence electrons. The zero-order chi connectivity index (χ0) is 19.8. The van der Waals surface area contributed by atoms with Gasteiger partial charge in [0, 0.05) is 6.54 Å². The molecule has 0 aromatic heterocycles. The van der Waals surface area contributed by atoms with Crippen molar-refractivity contribution in [3.63, 3.8) is 0 Å². The normalized spacial score (nSPS) is 20.0. The maximum absolute atomic E-state index is 12.5. The molecule has 3 unspecified atom stereocenters. The Balaban J connectivity index is 0.00000392. The van der Waals surface area contributed by atoms with Gasteiger partial charge in [-0.25, -0.2) is 4.79 Å². The Morgan fingerprint density at radius 1 is 1.25 bits per heavy atom. The number of hydrogen-bond donors (Lipinski definition) is 1. The van der Waals surface area contributed by atoms with Crippen LogP contribution in [0.25, 0.3) is 0 Å². The Kier molecular flexibility index (Phi) is 10.7. The van der Waals surface area contributed by atoms with E-state index in [1.165, 1.54) is 36.9 Å². The number of rotatable bonds is 8. The largest absolute Gasteiger partial charge is 1.00 e. The van der Waals surface area contributed by atoms with Gasteiger partial charge in [0.1, 0.15) is 25.5 Å². The molecule has 1 saturated heterocycles. The average molecular weight is 413 g/mol. The number of ether oxygens (including phenoxy) is 2. The summed E-state index contributed by atoms with van der Waals surface area (Å²) in [4.78, 5) is 15.8. The van der Waals surface area contributed by atoms with Gasteiger partial charge in [-0.05, 0) is 77.1 Å². The molecule has 2 rings (SSSR count). The van der Waals surface area contributed by atoms with Gasteiger partial charge in [-0.2, -0.15) is 0 Å². The lowest BCUT2D eigenvalue weighted by atomic mass is 10.0. The van der Waals surface area contributed by atoms with Gasteiger partial charge in [0.25, 0.3) is 0 Å². The van der Waals surface area contributed by atoms with Gasteiger partial charge in [0.15, 0.2) is 0 Å². The van der Waals surface area contributed by atoms with Crippen molar-refractivity contribution < 1.29 is 31.6 Å². The third-order valence-corrected chi connectivity index (χ3v) is 5.52. The number of piperidine rings is 1. The van der Waals surface area contributed by atoms with E-state index < -0.39 is 0 Å². The molecule has 28 heavy (non-hydrogen) atoms. The van der Waals surface area contributed by atoms with Crippen LogP contribution >= 0.6 is 0 Å². The van der Waals surface area contributed by atoms with Crippen molar-refractivity contribution in [1.82, 2.24) is 4.90 Å². The summed E-state index contributed by atoms with van der Waals surface area (Å²) in [6.07, 6.45) is 3.64. The van der Waals surface area contributed by atoms with Gasteiger partial charge in [-0.3, -0.25) is 0 Å². The first-order valence-electron chi connectivity index (χ1n) is 10.4. The predicted octanol–water partition coefficient (Wildman–Crippen LogP) is -0.00946. The number of halogens is 1. The number of nitrogens with one attached hydrogen (secondary N) is 1. The molecular formula is C22H37ClN2O3. The zero-order valence-corrected chi connectivity index (χ0v) is 18.8. The van der Waals surface area contributed by atoms with Crippen molar-refractivity contribution >= 4 is 6.09 Å². The maximum atomic E-state index is 12.5. The third kappa shape index (κ3) is 7.51. The summed E-state index contributed by atoms with van der Waals surface area (Å²) in [6, 6.07) is 6.81. The predicted molar refractivity (Wildman–Crippen MR) is 109 cm³/mol. The van der Waals surface area contributed by atoms with Gasteiger partial charge in [-0.15, -0.1) is 0 Å². The first-order valence-corrected chi connectivity index (χ1v) is 10.4. The van der Waals surface area contributed by atoms with Crippen molar-refractivity contribution in [2.75, 3.05) is 32.8 Å². The molecule has 1 aliphatic heterocycles. The van der Waals surface area contributed by atoms with Crippen LogP contribution in [0.15, 0.2) is 18.2 Å². The van der Waals surface area contributed by atoms with E-state index in [1.54, 1.807) is 9.80 Å². The summed E-state index contributed by atoms with van der Waals surface area (Å²) in [5.74, 6) is 0.853. The highest BCUT2D eigenvalue weighted by atomic mass is 35.5. The molecule has 5 nitrogen and oxygen atoms in total. The number of amides is 1. The first-order chi connectivity index (χ1) is 12.9. The minimum atomic E-state index is -0.238. The molecular weight excluding hydrogens is 376 g/mol. The van der Waals surface area contributed by atoms with Crippen LogP contribution in [-0.4, -0.2) is 55.9 Å². The number of carbonyl (C=O) groups is 1. The molecule has 1 aromatic rings. The molecule has 6 heteroatoms. The number of benzene rings is 1. The molecule has 1 aromatic carbocycles. The zero-order valence-electron chi connectivity index (χ0n) is 18.1. The van der Waals surface area contributed by atoms with E-state index in [2.05, 4.69) is 26.8 Å². The van der Waals surface area contributed by atoms with Crippen LogP contribution in [0.5, 0.6) is 5.75 Å². The lowest BCUT2D eigenvalue weighted by Gasteiger charge is -2.31. The van der Waals surface area contributed by atoms with Crippen LogP contribution in [0.3, 0.4) is 0 Å². The van der Waals surface area contributed by atoms with E-state index in [9.17, 15) is 4.79 Å². The number of nitrogens with zero attached hydrogens (tertiary/aromatic N) is 1. The maximum Gasteiger partial charge on any atom is 0.410 e. The number of hydrogen-bond acceptors (Lipinski definition) is 3. The van der Waals surface area contributed by atoms with Gasteiger partial charge in [0.05, 0.1) is 18.6 Å². The molecule has 1 heterocycles. The highest BCUT2D eigenvalue weighted by Gasteiger charge is 2.24. The summed E-state index contributed by atoms with van der Waals surface area (Å²) in [7, 11) is 0. The molecule has 0 radical (unpaired) electrons. The third-order valence-electron chi connectivity index (χ3n) is 5.52. The Bertz CT molecular complexity index is 591. The summed E-state index contributed by atoms with van der Waals surface area (Å²) in [5.41, 5.74) is 2.36. The number of aryl methyl sites for hydroxylation is 2. The van der Waals surface area contributed by atoms with Crippen molar-refractivity contribution in [2.24, 2.45) is 0 Å². The quantitative estimate of drug-likeness (QED) is 0.653. The smallest absolute Gasteiger partial charge is 0.410 e. The fraction of sp³-hybridized carbons (Fsp3) is 0.682. The van der Waals surface area contributed by atoms with E-state index in [0.29, 0.717) is 25.8 Å². The Morgan fingerprint density at radius 2 is 1.93 bits per heavy atom. The molecule has 3 atom stereocenters. The minimum absolute atomic E-state index is 0. The molecule has 1 aliphatic rings. The first kappa shape index (κ1) is 24.6. The molecule has 1 amide bonds. The summed E-state index contributed by atoms with van der Waals surface area (Å²) >= 11 is 0. The van der Waals surface area contributed by atoms with Crippen molar-refractivity contribution in [2.45, 2.75) is 66.0 Å². The van der Waals surface area contributed by atoms with E-state index >= 15 is 0 Å². The van der Waals surface area contributed by atoms with Gasteiger partial charge in [-0.1, -0.05) is 6.07 Å². The summed E-state index contributed by atoms with van der Waals surface area (Å²) in [5, 5.41) is 0. The van der Waals surface area contributed by atoms with Gasteiger partial charge >= 0.3 is 6.09 Å². The molecule has 1 N–H and O–H groups in total. The van der Waals surface area contributed by atoms with Crippen molar-refractivity contribution in [1.29, 1.82) is 0 Å². The molecule has 0 bridgehead atoms. The minimum Gasteiger partial charge on any atom is -1.00 e. The Morgan fingerprint density at radius 3 is 2.54 bits per heavy atom. The van der Waals surface area contributed by atoms with E-state index in [-0.39, 0.29) is 24.5 Å². The number of carbonyl (C=O) groups excluding carboxylic acids is 1. The second-order valence-corrected chi connectivity index (χ2v) is 7.94. The number of likely N-dealkylation sites (tertiary alicyclic amines) is 1. The van der Waals surface area contributed by atoms with Gasteiger partial charge in [0.2, 0.25) is 0 Å².